The highest BCUT2D eigenvalue weighted by Gasteiger charge is 2.27. The number of carbonyl (C=O) groups is 1. The maximum absolute atomic E-state index is 13.4. The van der Waals surface area contributed by atoms with Crippen LogP contribution in [-0.4, -0.2) is 23.9 Å². The monoisotopic (exact) mass is 217 g/mol. The second-order valence-electron chi connectivity index (χ2n) is 5.05. The van der Waals surface area contributed by atoms with Crippen LogP contribution in [0.4, 0.5) is 9.18 Å². The third kappa shape index (κ3) is 4.49. The molecule has 0 spiro atoms. The smallest absolute Gasteiger partial charge is 0.407 e. The Morgan fingerprint density at radius 3 is 2.47 bits per heavy atom. The molecule has 0 bridgehead atoms. The molecule has 15 heavy (non-hydrogen) atoms. The van der Waals surface area contributed by atoms with Crippen LogP contribution in [0.2, 0.25) is 0 Å². The Morgan fingerprint density at radius 2 is 1.93 bits per heavy atom. The van der Waals surface area contributed by atoms with Crippen molar-refractivity contribution in [1.82, 2.24) is 5.32 Å². The average Bonchev–Trinajstić information content (AvgIpc) is 2.05. The summed E-state index contributed by atoms with van der Waals surface area (Å²) in [6, 6.07) is -0.367. The van der Waals surface area contributed by atoms with E-state index in [0.717, 1.165) is 12.8 Å². The van der Waals surface area contributed by atoms with Crippen LogP contribution >= 0.6 is 0 Å². The van der Waals surface area contributed by atoms with Gasteiger partial charge in [-0.15, -0.1) is 0 Å². The predicted octanol–water partition coefficient (Wildman–Crippen LogP) is 2.79. The Morgan fingerprint density at radius 1 is 1.33 bits per heavy atom. The molecule has 1 aliphatic carbocycles. The van der Waals surface area contributed by atoms with Crippen molar-refractivity contribution in [3.05, 3.63) is 0 Å². The van der Waals surface area contributed by atoms with Gasteiger partial charge in [0.05, 0.1) is 6.04 Å². The molecule has 4 heteroatoms. The normalized spacial score (nSPS) is 27.2. The first kappa shape index (κ1) is 12.3. The summed E-state index contributed by atoms with van der Waals surface area (Å²) in [5.74, 6) is 0. The molecule has 1 amide bonds. The van der Waals surface area contributed by atoms with Crippen LogP contribution in [0, 0.1) is 0 Å². The number of nitrogens with one attached hydrogen (secondary N) is 1. The van der Waals surface area contributed by atoms with Gasteiger partial charge in [0.1, 0.15) is 11.8 Å². The zero-order valence-electron chi connectivity index (χ0n) is 9.68. The first-order chi connectivity index (χ1) is 6.88. The molecule has 1 rings (SSSR count). The van der Waals surface area contributed by atoms with Crippen LogP contribution in [0.25, 0.3) is 0 Å². The van der Waals surface area contributed by atoms with E-state index < -0.39 is 17.9 Å². The molecular weight excluding hydrogens is 197 g/mol. The third-order valence-electron chi connectivity index (χ3n) is 2.38. The minimum atomic E-state index is -0.925. The van der Waals surface area contributed by atoms with Gasteiger partial charge in [0.25, 0.3) is 0 Å². The number of alkyl halides is 1. The topological polar surface area (TPSA) is 38.3 Å². The summed E-state index contributed by atoms with van der Waals surface area (Å²) >= 11 is 0. The first-order valence-electron chi connectivity index (χ1n) is 5.52. The van der Waals surface area contributed by atoms with Crippen molar-refractivity contribution in [1.29, 1.82) is 0 Å². The fourth-order valence-electron chi connectivity index (χ4n) is 1.71. The minimum absolute atomic E-state index is 0.367. The highest BCUT2D eigenvalue weighted by molar-refractivity contribution is 5.68. The van der Waals surface area contributed by atoms with Gasteiger partial charge in [-0.2, -0.15) is 0 Å². The van der Waals surface area contributed by atoms with Crippen LogP contribution in [0.1, 0.15) is 46.5 Å². The molecule has 1 N–H and O–H groups in total. The van der Waals surface area contributed by atoms with Crippen molar-refractivity contribution in [2.24, 2.45) is 0 Å². The van der Waals surface area contributed by atoms with Gasteiger partial charge in [0.2, 0.25) is 0 Å². The van der Waals surface area contributed by atoms with E-state index in [1.54, 1.807) is 20.8 Å². The van der Waals surface area contributed by atoms with Gasteiger partial charge in [0, 0.05) is 0 Å². The SMILES string of the molecule is CC(C)(C)OC(=O)N[C@H]1CCCC[C@@H]1F. The second kappa shape index (κ2) is 4.81. The van der Waals surface area contributed by atoms with E-state index in [1.807, 2.05) is 0 Å². The summed E-state index contributed by atoms with van der Waals surface area (Å²) in [7, 11) is 0. The lowest BCUT2D eigenvalue weighted by Crippen LogP contribution is -2.45. The molecule has 88 valence electrons. The number of hydrogen-bond donors (Lipinski definition) is 1. The van der Waals surface area contributed by atoms with Crippen LogP contribution in [-0.2, 0) is 4.74 Å². The number of rotatable bonds is 1. The second-order valence-corrected chi connectivity index (χ2v) is 5.05. The van der Waals surface area contributed by atoms with Crippen molar-refractivity contribution in [3.63, 3.8) is 0 Å². The molecule has 0 aliphatic heterocycles. The van der Waals surface area contributed by atoms with E-state index >= 15 is 0 Å². The molecule has 1 aliphatic rings. The maximum Gasteiger partial charge on any atom is 0.407 e. The number of amides is 1. The fraction of sp³-hybridized carbons (Fsp3) is 0.909. The van der Waals surface area contributed by atoms with Crippen molar-refractivity contribution in [2.45, 2.75) is 64.3 Å². The van der Waals surface area contributed by atoms with Crippen LogP contribution in [0.5, 0.6) is 0 Å². The summed E-state index contributed by atoms with van der Waals surface area (Å²) in [6.07, 6.45) is 1.69. The Hall–Kier alpha value is -0.800. The van der Waals surface area contributed by atoms with E-state index in [-0.39, 0.29) is 6.04 Å². The van der Waals surface area contributed by atoms with Crippen molar-refractivity contribution < 1.29 is 13.9 Å². The zero-order chi connectivity index (χ0) is 11.5. The van der Waals surface area contributed by atoms with Crippen LogP contribution in [0.3, 0.4) is 0 Å². The lowest BCUT2D eigenvalue weighted by atomic mass is 9.94. The van der Waals surface area contributed by atoms with Gasteiger partial charge in [-0.25, -0.2) is 9.18 Å². The molecular formula is C11H20FNO2. The molecule has 0 heterocycles. The Bertz CT molecular complexity index is 225. The lowest BCUT2D eigenvalue weighted by molar-refractivity contribution is 0.0451. The molecule has 1 saturated carbocycles. The van der Waals surface area contributed by atoms with Crippen LogP contribution in [0.15, 0.2) is 0 Å². The van der Waals surface area contributed by atoms with E-state index in [0.29, 0.717) is 12.8 Å². The molecule has 0 aromatic heterocycles. The van der Waals surface area contributed by atoms with E-state index in [1.165, 1.54) is 0 Å². The van der Waals surface area contributed by atoms with Crippen molar-refractivity contribution >= 4 is 6.09 Å². The van der Waals surface area contributed by atoms with Gasteiger partial charge in [0.15, 0.2) is 0 Å². The molecule has 3 nitrogen and oxygen atoms in total. The van der Waals surface area contributed by atoms with Gasteiger partial charge in [-0.05, 0) is 33.6 Å². The van der Waals surface area contributed by atoms with E-state index in [9.17, 15) is 9.18 Å². The average molecular weight is 217 g/mol. The zero-order valence-corrected chi connectivity index (χ0v) is 9.68. The number of alkyl carbamates (subject to hydrolysis) is 1. The number of ether oxygens (including phenoxy) is 1. The highest BCUT2D eigenvalue weighted by Crippen LogP contribution is 2.21. The summed E-state index contributed by atoms with van der Waals surface area (Å²) in [5.41, 5.74) is -0.523. The molecule has 0 aromatic rings. The Kier molecular flexibility index (Phi) is 3.94. The third-order valence-corrected chi connectivity index (χ3v) is 2.38. The van der Waals surface area contributed by atoms with E-state index in [2.05, 4.69) is 5.32 Å². The van der Waals surface area contributed by atoms with Crippen molar-refractivity contribution in [3.8, 4) is 0 Å². The first-order valence-corrected chi connectivity index (χ1v) is 5.52. The van der Waals surface area contributed by atoms with Gasteiger partial charge >= 0.3 is 6.09 Å². The van der Waals surface area contributed by atoms with Crippen molar-refractivity contribution in [2.75, 3.05) is 0 Å². The molecule has 0 unspecified atom stereocenters. The minimum Gasteiger partial charge on any atom is -0.444 e. The molecule has 0 aromatic carbocycles. The molecule has 2 atom stereocenters. The largest absolute Gasteiger partial charge is 0.444 e. The maximum atomic E-state index is 13.4. The Labute approximate surface area is 90.4 Å². The lowest BCUT2D eigenvalue weighted by Gasteiger charge is -2.28. The summed E-state index contributed by atoms with van der Waals surface area (Å²) < 4.78 is 18.4. The predicted molar refractivity (Wildman–Crippen MR) is 56.5 cm³/mol. The fourth-order valence-corrected chi connectivity index (χ4v) is 1.71. The van der Waals surface area contributed by atoms with Gasteiger partial charge in [-0.1, -0.05) is 12.8 Å². The number of carbonyl (C=O) groups excluding carboxylic acids is 1. The molecule has 0 saturated heterocycles. The van der Waals surface area contributed by atoms with Gasteiger partial charge in [-0.3, -0.25) is 0 Å². The summed E-state index contributed by atoms with van der Waals surface area (Å²) in [5, 5.41) is 2.59. The molecule has 1 fully saturated rings. The van der Waals surface area contributed by atoms with E-state index in [4.69, 9.17) is 4.74 Å². The number of halogens is 1. The summed E-state index contributed by atoms with van der Waals surface area (Å²) in [6.45, 7) is 5.38. The Balaban J connectivity index is 2.36. The standard InChI is InChI=1S/C11H20FNO2/c1-11(2,3)15-10(14)13-9-7-5-4-6-8(9)12/h8-9H,4-7H2,1-3H3,(H,13,14)/t8-,9-/m0/s1. The highest BCUT2D eigenvalue weighted by atomic mass is 19.1. The number of hydrogen-bond acceptors (Lipinski definition) is 2. The van der Waals surface area contributed by atoms with Gasteiger partial charge < -0.3 is 10.1 Å². The summed E-state index contributed by atoms with van der Waals surface area (Å²) in [4.78, 5) is 11.4. The molecule has 0 radical (unpaired) electrons. The van der Waals surface area contributed by atoms with Crippen LogP contribution < -0.4 is 5.32 Å². The quantitative estimate of drug-likeness (QED) is 0.733.